The van der Waals surface area contributed by atoms with Gasteiger partial charge in [-0.1, -0.05) is 42.5 Å². The molecule has 0 atom stereocenters. The van der Waals surface area contributed by atoms with Crippen molar-refractivity contribution in [1.29, 1.82) is 0 Å². The minimum Gasteiger partial charge on any atom is -0.492 e. The maximum atomic E-state index is 5.81. The average Bonchev–Trinajstić information content (AvgIpc) is 2.71. The third-order valence-corrected chi connectivity index (χ3v) is 5.61. The number of anilines is 1. The van der Waals surface area contributed by atoms with Crippen molar-refractivity contribution in [2.24, 2.45) is 0 Å². The second kappa shape index (κ2) is 8.11. The van der Waals surface area contributed by atoms with Gasteiger partial charge in [-0.2, -0.15) is 0 Å². The number of pyridine rings is 1. The molecule has 2 aromatic carbocycles. The molecule has 0 unspecified atom stereocenters. The zero-order valence-corrected chi connectivity index (χ0v) is 16.5. The van der Waals surface area contributed by atoms with Crippen LogP contribution in [0.3, 0.4) is 0 Å². The van der Waals surface area contributed by atoms with Crippen LogP contribution in [0, 0.1) is 4.64 Å². The minimum absolute atomic E-state index is 0.696. The van der Waals surface area contributed by atoms with Crippen molar-refractivity contribution in [2.75, 3.05) is 37.7 Å². The van der Waals surface area contributed by atoms with E-state index in [0.29, 0.717) is 6.61 Å². The van der Waals surface area contributed by atoms with Crippen molar-refractivity contribution in [1.82, 2.24) is 4.57 Å². The number of fused-ring (bicyclic) bond motifs is 1. The first-order valence-electron chi connectivity index (χ1n) is 9.65. The van der Waals surface area contributed by atoms with Gasteiger partial charge in [0.2, 0.25) is 0 Å². The summed E-state index contributed by atoms with van der Waals surface area (Å²) in [6.45, 7) is 7.88. The SMILES string of the molecule is CCOc1ccccc1N1CC[NH+](Cn2c(=S)ccc3ccccc32)CC1. The molecule has 140 valence electrons. The Kier molecular flexibility index (Phi) is 5.41. The van der Waals surface area contributed by atoms with Crippen LogP contribution in [0.25, 0.3) is 10.9 Å². The normalized spacial score (nSPS) is 15.2. The molecular formula is C22H26N3OS+. The van der Waals surface area contributed by atoms with E-state index in [4.69, 9.17) is 17.0 Å². The van der Waals surface area contributed by atoms with Gasteiger partial charge in [-0.15, -0.1) is 0 Å². The van der Waals surface area contributed by atoms with E-state index in [-0.39, 0.29) is 0 Å². The van der Waals surface area contributed by atoms with Crippen molar-refractivity contribution >= 4 is 28.8 Å². The lowest BCUT2D eigenvalue weighted by Crippen LogP contribution is -3.14. The summed E-state index contributed by atoms with van der Waals surface area (Å²) in [7, 11) is 0. The number of hydrogen-bond donors (Lipinski definition) is 1. The Balaban J connectivity index is 1.48. The molecule has 0 bridgehead atoms. The largest absolute Gasteiger partial charge is 0.492 e. The van der Waals surface area contributed by atoms with Crippen LogP contribution in [0.1, 0.15) is 6.92 Å². The summed E-state index contributed by atoms with van der Waals surface area (Å²) < 4.78 is 9.00. The fraction of sp³-hybridized carbons (Fsp3) is 0.318. The van der Waals surface area contributed by atoms with Crippen LogP contribution >= 0.6 is 12.2 Å². The molecule has 1 aliphatic rings. The minimum atomic E-state index is 0.696. The number of aromatic nitrogens is 1. The lowest BCUT2D eigenvalue weighted by molar-refractivity contribution is -0.923. The van der Waals surface area contributed by atoms with Gasteiger partial charge in [-0.05, 0) is 42.6 Å². The quantitative estimate of drug-likeness (QED) is 0.688. The van der Waals surface area contributed by atoms with E-state index in [0.717, 1.165) is 43.2 Å². The van der Waals surface area contributed by atoms with Crippen LogP contribution in [0.2, 0.25) is 0 Å². The number of hydrogen-bond acceptors (Lipinski definition) is 3. The first-order chi connectivity index (χ1) is 13.3. The van der Waals surface area contributed by atoms with Crippen molar-refractivity contribution in [3.05, 3.63) is 65.3 Å². The molecule has 1 fully saturated rings. The summed E-state index contributed by atoms with van der Waals surface area (Å²) >= 11 is 5.62. The summed E-state index contributed by atoms with van der Waals surface area (Å²) in [5.74, 6) is 0.986. The van der Waals surface area contributed by atoms with E-state index in [1.807, 2.05) is 19.1 Å². The molecular weight excluding hydrogens is 354 g/mol. The van der Waals surface area contributed by atoms with Crippen LogP contribution in [0.4, 0.5) is 5.69 Å². The molecule has 0 aliphatic carbocycles. The first-order valence-corrected chi connectivity index (χ1v) is 10.1. The molecule has 1 saturated heterocycles. The second-order valence-electron chi connectivity index (χ2n) is 6.95. The highest BCUT2D eigenvalue weighted by Gasteiger charge is 2.22. The van der Waals surface area contributed by atoms with Crippen molar-refractivity contribution < 1.29 is 9.64 Å². The van der Waals surface area contributed by atoms with E-state index in [1.54, 1.807) is 4.90 Å². The van der Waals surface area contributed by atoms with Crippen molar-refractivity contribution in [3.63, 3.8) is 0 Å². The number of quaternary nitrogens is 1. The van der Waals surface area contributed by atoms with Crippen LogP contribution in [0.5, 0.6) is 5.75 Å². The average molecular weight is 381 g/mol. The van der Waals surface area contributed by atoms with Crippen LogP contribution < -0.4 is 14.5 Å². The van der Waals surface area contributed by atoms with Gasteiger partial charge in [-0.25, -0.2) is 0 Å². The summed E-state index contributed by atoms with van der Waals surface area (Å²) in [6, 6.07) is 21.0. The van der Waals surface area contributed by atoms with Crippen molar-refractivity contribution in [3.8, 4) is 5.75 Å². The second-order valence-corrected chi connectivity index (χ2v) is 7.37. The Labute approximate surface area is 165 Å². The number of para-hydroxylation sites is 3. The highest BCUT2D eigenvalue weighted by molar-refractivity contribution is 7.71. The molecule has 2 heterocycles. The van der Waals surface area contributed by atoms with Gasteiger partial charge >= 0.3 is 0 Å². The zero-order valence-electron chi connectivity index (χ0n) is 15.7. The number of rotatable bonds is 5. The van der Waals surface area contributed by atoms with Gasteiger partial charge in [0, 0.05) is 0 Å². The Morgan fingerprint density at radius 2 is 1.70 bits per heavy atom. The molecule has 1 N–H and O–H groups in total. The molecule has 0 saturated carbocycles. The summed E-state index contributed by atoms with van der Waals surface area (Å²) in [4.78, 5) is 4.00. The Morgan fingerprint density at radius 3 is 2.52 bits per heavy atom. The molecule has 27 heavy (non-hydrogen) atoms. The first kappa shape index (κ1) is 18.0. The molecule has 0 radical (unpaired) electrons. The Morgan fingerprint density at radius 1 is 0.963 bits per heavy atom. The van der Waals surface area contributed by atoms with E-state index in [9.17, 15) is 0 Å². The van der Waals surface area contributed by atoms with Gasteiger partial charge in [0.1, 0.15) is 10.4 Å². The molecule has 0 amide bonds. The van der Waals surface area contributed by atoms with Gasteiger partial charge in [0.05, 0.1) is 44.0 Å². The molecule has 0 spiro atoms. The molecule has 1 aliphatic heterocycles. The van der Waals surface area contributed by atoms with Gasteiger partial charge < -0.3 is 14.5 Å². The predicted octanol–water partition coefficient (Wildman–Crippen LogP) is 3.13. The molecule has 1 aromatic heterocycles. The maximum Gasteiger partial charge on any atom is 0.158 e. The van der Waals surface area contributed by atoms with Gasteiger partial charge in [0.15, 0.2) is 6.67 Å². The smallest absolute Gasteiger partial charge is 0.158 e. The summed E-state index contributed by atoms with van der Waals surface area (Å²) in [5.41, 5.74) is 2.43. The van der Waals surface area contributed by atoms with Crippen LogP contribution in [-0.2, 0) is 6.67 Å². The van der Waals surface area contributed by atoms with Crippen LogP contribution in [0.15, 0.2) is 60.7 Å². The lowest BCUT2D eigenvalue weighted by atomic mass is 10.2. The van der Waals surface area contributed by atoms with E-state index < -0.39 is 0 Å². The zero-order chi connectivity index (χ0) is 18.6. The highest BCUT2D eigenvalue weighted by Crippen LogP contribution is 2.27. The molecule has 5 heteroatoms. The molecule has 4 rings (SSSR count). The lowest BCUT2D eigenvalue weighted by Gasteiger charge is -2.34. The van der Waals surface area contributed by atoms with Crippen LogP contribution in [-0.4, -0.2) is 37.4 Å². The van der Waals surface area contributed by atoms with E-state index in [1.165, 1.54) is 16.6 Å². The number of piperazine rings is 1. The van der Waals surface area contributed by atoms with Gasteiger partial charge in [0.25, 0.3) is 0 Å². The third kappa shape index (κ3) is 3.84. The Bertz CT molecular complexity index is 976. The number of nitrogens with one attached hydrogen (secondary N) is 1. The van der Waals surface area contributed by atoms with E-state index in [2.05, 4.69) is 58.0 Å². The van der Waals surface area contributed by atoms with E-state index >= 15 is 0 Å². The highest BCUT2D eigenvalue weighted by atomic mass is 32.1. The fourth-order valence-corrected chi connectivity index (χ4v) is 4.08. The number of ether oxygens (including phenoxy) is 1. The third-order valence-electron chi connectivity index (χ3n) is 5.26. The Hall–Kier alpha value is -2.37. The predicted molar refractivity (Wildman–Crippen MR) is 113 cm³/mol. The standard InChI is InChI=1S/C22H25N3OS/c1-2-26-21-10-6-5-9-20(21)24-15-13-23(14-16-24)17-25-19-8-4-3-7-18(19)11-12-22(25)27/h3-12H,2,13-17H2,1H3/p+1. The topological polar surface area (TPSA) is 21.8 Å². The molecule has 3 aromatic rings. The van der Waals surface area contributed by atoms with Gasteiger partial charge in [-0.3, -0.25) is 4.57 Å². The molecule has 4 nitrogen and oxygen atoms in total. The summed E-state index contributed by atoms with van der Waals surface area (Å²) in [5, 5.41) is 1.25. The van der Waals surface area contributed by atoms with Crippen molar-refractivity contribution in [2.45, 2.75) is 13.6 Å². The monoisotopic (exact) mass is 380 g/mol. The fourth-order valence-electron chi connectivity index (χ4n) is 3.85. The maximum absolute atomic E-state index is 5.81. The number of nitrogens with zero attached hydrogens (tertiary/aromatic N) is 2. The summed E-state index contributed by atoms with van der Waals surface area (Å²) in [6.07, 6.45) is 0. The number of benzene rings is 2.